The molecule has 0 aliphatic heterocycles. The molecule has 19 heavy (non-hydrogen) atoms. The van der Waals surface area contributed by atoms with Crippen molar-refractivity contribution in [1.82, 2.24) is 5.32 Å². The monoisotopic (exact) mass is 266 g/mol. The van der Waals surface area contributed by atoms with Crippen molar-refractivity contribution in [2.75, 3.05) is 18.5 Å². The molecule has 3 N–H and O–H groups in total. The molecular weight excluding hydrogens is 244 g/mol. The highest BCUT2D eigenvalue weighted by atomic mass is 16.5. The summed E-state index contributed by atoms with van der Waals surface area (Å²) in [6.07, 6.45) is -0.563. The van der Waals surface area contributed by atoms with E-state index < -0.39 is 6.10 Å². The summed E-state index contributed by atoms with van der Waals surface area (Å²) in [5.41, 5.74) is 0.680. The summed E-state index contributed by atoms with van der Waals surface area (Å²) >= 11 is 0. The van der Waals surface area contributed by atoms with Crippen LogP contribution in [0.1, 0.15) is 20.8 Å². The number of amides is 1. The van der Waals surface area contributed by atoms with Crippen molar-refractivity contribution in [3.8, 4) is 5.75 Å². The zero-order valence-electron chi connectivity index (χ0n) is 11.6. The van der Waals surface area contributed by atoms with Crippen LogP contribution in [-0.2, 0) is 4.79 Å². The minimum atomic E-state index is -0.563. The van der Waals surface area contributed by atoms with Crippen LogP contribution in [0.25, 0.3) is 0 Å². The van der Waals surface area contributed by atoms with Gasteiger partial charge in [-0.3, -0.25) is 4.79 Å². The van der Waals surface area contributed by atoms with Crippen molar-refractivity contribution >= 4 is 11.6 Å². The highest BCUT2D eigenvalue weighted by molar-refractivity contribution is 5.88. The summed E-state index contributed by atoms with van der Waals surface area (Å²) in [5, 5.41) is 15.5. The quantitative estimate of drug-likeness (QED) is 0.697. The largest absolute Gasteiger partial charge is 0.491 e. The second-order valence-electron chi connectivity index (χ2n) is 4.74. The molecule has 1 aromatic rings. The Hall–Kier alpha value is -1.59. The molecule has 0 fully saturated rings. The minimum absolute atomic E-state index is 0.127. The van der Waals surface area contributed by atoms with Crippen LogP contribution < -0.4 is 15.4 Å². The lowest BCUT2D eigenvalue weighted by molar-refractivity contribution is -0.114. The number of aliphatic hydroxyl groups is 1. The van der Waals surface area contributed by atoms with E-state index >= 15 is 0 Å². The summed E-state index contributed by atoms with van der Waals surface area (Å²) < 4.78 is 5.48. The Morgan fingerprint density at radius 2 is 2.16 bits per heavy atom. The predicted octanol–water partition coefficient (Wildman–Crippen LogP) is 1.38. The maximum absolute atomic E-state index is 10.9. The SMILES string of the molecule is CC(=O)Nc1cccc(OCC(O)CNC(C)C)c1. The fourth-order valence-corrected chi connectivity index (χ4v) is 1.49. The number of aliphatic hydroxyl groups excluding tert-OH is 1. The molecule has 0 aliphatic carbocycles. The van der Waals surface area contributed by atoms with E-state index in [0.29, 0.717) is 24.0 Å². The van der Waals surface area contributed by atoms with Gasteiger partial charge in [-0.15, -0.1) is 0 Å². The van der Waals surface area contributed by atoms with Crippen LogP contribution in [0, 0.1) is 0 Å². The smallest absolute Gasteiger partial charge is 0.221 e. The molecule has 0 radical (unpaired) electrons. The van der Waals surface area contributed by atoms with Crippen molar-refractivity contribution in [1.29, 1.82) is 0 Å². The molecule has 0 aliphatic rings. The molecule has 0 aromatic heterocycles. The Labute approximate surface area is 114 Å². The molecule has 1 atom stereocenters. The molecule has 106 valence electrons. The average molecular weight is 266 g/mol. The molecule has 5 nitrogen and oxygen atoms in total. The van der Waals surface area contributed by atoms with Gasteiger partial charge in [-0.25, -0.2) is 0 Å². The number of rotatable bonds is 7. The number of ether oxygens (including phenoxy) is 1. The Kier molecular flexibility index (Phi) is 6.32. The first-order chi connectivity index (χ1) is 8.97. The summed E-state index contributed by atoms with van der Waals surface area (Å²) in [6, 6.07) is 7.42. The van der Waals surface area contributed by atoms with Gasteiger partial charge in [0.05, 0.1) is 0 Å². The van der Waals surface area contributed by atoms with Crippen LogP contribution in [0.3, 0.4) is 0 Å². The van der Waals surface area contributed by atoms with E-state index in [1.165, 1.54) is 6.92 Å². The Morgan fingerprint density at radius 3 is 2.79 bits per heavy atom. The lowest BCUT2D eigenvalue weighted by Crippen LogP contribution is -2.35. The fraction of sp³-hybridized carbons (Fsp3) is 0.500. The van der Waals surface area contributed by atoms with Crippen LogP contribution in [-0.4, -0.2) is 36.3 Å². The molecule has 0 saturated carbocycles. The van der Waals surface area contributed by atoms with Crippen LogP contribution in [0.15, 0.2) is 24.3 Å². The van der Waals surface area contributed by atoms with Crippen LogP contribution >= 0.6 is 0 Å². The normalized spacial score (nSPS) is 12.3. The lowest BCUT2D eigenvalue weighted by atomic mass is 10.3. The topological polar surface area (TPSA) is 70.6 Å². The number of anilines is 1. The van der Waals surface area contributed by atoms with Gasteiger partial charge in [0.25, 0.3) is 0 Å². The third-order valence-electron chi connectivity index (χ3n) is 2.36. The summed E-state index contributed by atoms with van der Waals surface area (Å²) in [7, 11) is 0. The first-order valence-electron chi connectivity index (χ1n) is 6.39. The van der Waals surface area contributed by atoms with Crippen molar-refractivity contribution in [2.24, 2.45) is 0 Å². The molecule has 0 saturated heterocycles. The van der Waals surface area contributed by atoms with Gasteiger partial charge in [-0.2, -0.15) is 0 Å². The van der Waals surface area contributed by atoms with Gasteiger partial charge < -0.3 is 20.5 Å². The van der Waals surface area contributed by atoms with E-state index in [1.54, 1.807) is 24.3 Å². The molecule has 1 rings (SSSR count). The van der Waals surface area contributed by atoms with Gasteiger partial charge in [0, 0.05) is 31.3 Å². The number of carbonyl (C=O) groups excluding carboxylic acids is 1. The van der Waals surface area contributed by atoms with Gasteiger partial charge in [0.15, 0.2) is 0 Å². The van der Waals surface area contributed by atoms with Crippen molar-refractivity contribution in [2.45, 2.75) is 32.9 Å². The maximum Gasteiger partial charge on any atom is 0.221 e. The zero-order chi connectivity index (χ0) is 14.3. The van der Waals surface area contributed by atoms with Gasteiger partial charge in [-0.1, -0.05) is 19.9 Å². The maximum atomic E-state index is 10.9. The molecule has 0 bridgehead atoms. The first-order valence-corrected chi connectivity index (χ1v) is 6.39. The van der Waals surface area contributed by atoms with Crippen molar-refractivity contribution in [3.05, 3.63) is 24.3 Å². The summed E-state index contributed by atoms with van der Waals surface area (Å²) in [4.78, 5) is 10.9. The highest BCUT2D eigenvalue weighted by Gasteiger charge is 2.06. The fourth-order valence-electron chi connectivity index (χ4n) is 1.49. The minimum Gasteiger partial charge on any atom is -0.491 e. The standard InChI is InChI=1S/C14H22N2O3/c1-10(2)15-8-13(18)9-19-14-6-4-5-12(7-14)16-11(3)17/h4-7,10,13,15,18H,8-9H2,1-3H3,(H,16,17). The Balaban J connectivity index is 2.42. The number of nitrogens with one attached hydrogen (secondary N) is 2. The second kappa shape index (κ2) is 7.76. The number of carbonyl (C=O) groups is 1. The molecule has 1 aromatic carbocycles. The van der Waals surface area contributed by atoms with E-state index in [-0.39, 0.29) is 12.5 Å². The van der Waals surface area contributed by atoms with Crippen molar-refractivity contribution < 1.29 is 14.6 Å². The molecular formula is C14H22N2O3. The Bertz CT molecular complexity index is 407. The average Bonchev–Trinajstić information content (AvgIpc) is 2.33. The van der Waals surface area contributed by atoms with E-state index in [1.807, 2.05) is 13.8 Å². The number of hydrogen-bond donors (Lipinski definition) is 3. The summed E-state index contributed by atoms with van der Waals surface area (Å²) in [6.45, 7) is 6.19. The molecule has 1 unspecified atom stereocenters. The van der Waals surface area contributed by atoms with Crippen LogP contribution in [0.2, 0.25) is 0 Å². The van der Waals surface area contributed by atoms with E-state index in [0.717, 1.165) is 0 Å². The predicted molar refractivity (Wildman–Crippen MR) is 75.4 cm³/mol. The van der Waals surface area contributed by atoms with Gasteiger partial charge in [0.1, 0.15) is 18.5 Å². The molecule has 5 heteroatoms. The summed E-state index contributed by atoms with van der Waals surface area (Å²) in [5.74, 6) is 0.494. The van der Waals surface area contributed by atoms with E-state index in [9.17, 15) is 9.90 Å². The van der Waals surface area contributed by atoms with Crippen LogP contribution in [0.5, 0.6) is 5.75 Å². The van der Waals surface area contributed by atoms with Crippen LogP contribution in [0.4, 0.5) is 5.69 Å². The molecule has 0 heterocycles. The molecule has 0 spiro atoms. The van der Waals surface area contributed by atoms with E-state index in [4.69, 9.17) is 4.74 Å². The first kappa shape index (κ1) is 15.5. The zero-order valence-corrected chi connectivity index (χ0v) is 11.6. The highest BCUT2D eigenvalue weighted by Crippen LogP contribution is 2.17. The third kappa shape index (κ3) is 6.79. The second-order valence-corrected chi connectivity index (χ2v) is 4.74. The Morgan fingerprint density at radius 1 is 1.42 bits per heavy atom. The van der Waals surface area contributed by atoms with E-state index in [2.05, 4.69) is 10.6 Å². The van der Waals surface area contributed by atoms with Gasteiger partial charge >= 0.3 is 0 Å². The third-order valence-corrected chi connectivity index (χ3v) is 2.36. The van der Waals surface area contributed by atoms with Gasteiger partial charge in [-0.05, 0) is 12.1 Å². The van der Waals surface area contributed by atoms with Crippen molar-refractivity contribution in [3.63, 3.8) is 0 Å². The number of hydrogen-bond acceptors (Lipinski definition) is 4. The number of benzene rings is 1. The van der Waals surface area contributed by atoms with Gasteiger partial charge in [0.2, 0.25) is 5.91 Å². The lowest BCUT2D eigenvalue weighted by Gasteiger charge is -2.15. The molecule has 1 amide bonds.